The quantitative estimate of drug-likeness (QED) is 0.858. The lowest BCUT2D eigenvalue weighted by Crippen LogP contribution is -2.37. The van der Waals surface area contributed by atoms with Gasteiger partial charge in [-0.3, -0.25) is 4.90 Å². The molecule has 0 radical (unpaired) electrons. The second kappa shape index (κ2) is 6.26. The SMILES string of the molecule is CC(C)N1C(=O)OC(c2cccc(C3OCCCO3)c2)C1C. The van der Waals surface area contributed by atoms with Gasteiger partial charge < -0.3 is 14.2 Å². The van der Waals surface area contributed by atoms with E-state index in [9.17, 15) is 4.79 Å². The molecule has 1 aromatic rings. The molecule has 2 unspecified atom stereocenters. The molecular weight excluding hydrogens is 282 g/mol. The Morgan fingerprint density at radius 3 is 2.50 bits per heavy atom. The van der Waals surface area contributed by atoms with Gasteiger partial charge >= 0.3 is 6.09 Å². The van der Waals surface area contributed by atoms with Crippen molar-refractivity contribution in [2.45, 2.75) is 51.7 Å². The number of hydrogen-bond acceptors (Lipinski definition) is 4. The molecule has 5 heteroatoms. The third-order valence-electron chi connectivity index (χ3n) is 4.21. The maximum Gasteiger partial charge on any atom is 0.411 e. The molecule has 0 N–H and O–H groups in total. The standard InChI is InChI=1S/C17H23NO4/c1-11(2)18-12(3)15(22-17(18)19)13-6-4-7-14(10-13)16-20-8-5-9-21-16/h4,6-7,10-12,15-16H,5,8-9H2,1-3H3. The van der Waals surface area contributed by atoms with E-state index >= 15 is 0 Å². The molecule has 2 heterocycles. The van der Waals surface area contributed by atoms with E-state index in [1.165, 1.54) is 0 Å². The first-order chi connectivity index (χ1) is 10.6. The second-order valence-corrected chi connectivity index (χ2v) is 6.14. The van der Waals surface area contributed by atoms with Gasteiger partial charge in [-0.25, -0.2) is 4.79 Å². The fraction of sp³-hybridized carbons (Fsp3) is 0.588. The van der Waals surface area contributed by atoms with Gasteiger partial charge in [0.25, 0.3) is 0 Å². The van der Waals surface area contributed by atoms with Crippen molar-refractivity contribution in [2.24, 2.45) is 0 Å². The van der Waals surface area contributed by atoms with Gasteiger partial charge in [0.15, 0.2) is 6.29 Å². The van der Waals surface area contributed by atoms with Gasteiger partial charge in [-0.05, 0) is 38.8 Å². The van der Waals surface area contributed by atoms with Gasteiger partial charge in [-0.2, -0.15) is 0 Å². The van der Waals surface area contributed by atoms with Crippen LogP contribution in [0.3, 0.4) is 0 Å². The molecule has 5 nitrogen and oxygen atoms in total. The van der Waals surface area contributed by atoms with Crippen LogP contribution in [-0.4, -0.2) is 36.3 Å². The summed E-state index contributed by atoms with van der Waals surface area (Å²) in [5, 5.41) is 0. The molecule has 0 saturated carbocycles. The fourth-order valence-corrected chi connectivity index (χ4v) is 3.17. The van der Waals surface area contributed by atoms with Crippen molar-refractivity contribution in [2.75, 3.05) is 13.2 Å². The molecule has 120 valence electrons. The summed E-state index contributed by atoms with van der Waals surface area (Å²) in [4.78, 5) is 13.8. The number of ether oxygens (including phenoxy) is 3. The minimum atomic E-state index is -0.317. The average Bonchev–Trinajstić information content (AvgIpc) is 2.83. The van der Waals surface area contributed by atoms with Crippen molar-refractivity contribution < 1.29 is 19.0 Å². The molecule has 22 heavy (non-hydrogen) atoms. The maximum atomic E-state index is 12.1. The van der Waals surface area contributed by atoms with Crippen LogP contribution < -0.4 is 0 Å². The molecule has 1 aromatic carbocycles. The number of benzene rings is 1. The highest BCUT2D eigenvalue weighted by atomic mass is 16.7. The largest absolute Gasteiger partial charge is 0.439 e. The van der Waals surface area contributed by atoms with E-state index in [4.69, 9.17) is 14.2 Å². The van der Waals surface area contributed by atoms with Crippen LogP contribution in [0, 0.1) is 0 Å². The predicted octanol–water partition coefficient (Wildman–Crippen LogP) is 3.41. The molecule has 2 fully saturated rings. The molecule has 2 saturated heterocycles. The van der Waals surface area contributed by atoms with Crippen LogP contribution in [0.15, 0.2) is 24.3 Å². The first-order valence-corrected chi connectivity index (χ1v) is 7.90. The van der Waals surface area contributed by atoms with Crippen LogP contribution >= 0.6 is 0 Å². The van der Waals surface area contributed by atoms with Gasteiger partial charge in [0.05, 0.1) is 19.3 Å². The van der Waals surface area contributed by atoms with E-state index in [0.717, 1.165) is 17.5 Å². The third-order valence-corrected chi connectivity index (χ3v) is 4.21. The monoisotopic (exact) mass is 305 g/mol. The molecule has 0 aromatic heterocycles. The molecular formula is C17H23NO4. The molecule has 1 amide bonds. The summed E-state index contributed by atoms with van der Waals surface area (Å²) in [6.45, 7) is 7.45. The molecule has 2 aliphatic rings. The Morgan fingerprint density at radius 2 is 1.86 bits per heavy atom. The zero-order valence-electron chi connectivity index (χ0n) is 13.3. The minimum absolute atomic E-state index is 0.0101. The minimum Gasteiger partial charge on any atom is -0.439 e. The van der Waals surface area contributed by atoms with Crippen LogP contribution in [0.2, 0.25) is 0 Å². The lowest BCUT2D eigenvalue weighted by Gasteiger charge is -2.26. The van der Waals surface area contributed by atoms with Gasteiger partial charge in [-0.15, -0.1) is 0 Å². The topological polar surface area (TPSA) is 48.0 Å². The summed E-state index contributed by atoms with van der Waals surface area (Å²) < 4.78 is 16.9. The van der Waals surface area contributed by atoms with Crippen LogP contribution in [0.1, 0.15) is 50.7 Å². The smallest absolute Gasteiger partial charge is 0.411 e. The molecule has 2 atom stereocenters. The summed E-state index contributed by atoms with van der Waals surface area (Å²) in [6, 6.07) is 8.10. The predicted molar refractivity (Wildman–Crippen MR) is 81.4 cm³/mol. The third kappa shape index (κ3) is 2.83. The zero-order valence-corrected chi connectivity index (χ0v) is 13.3. The molecule has 0 spiro atoms. The summed E-state index contributed by atoms with van der Waals surface area (Å²) in [5.41, 5.74) is 1.96. The first-order valence-electron chi connectivity index (χ1n) is 7.90. The van der Waals surface area contributed by atoms with E-state index in [-0.39, 0.29) is 30.6 Å². The van der Waals surface area contributed by atoms with Gasteiger partial charge in [-0.1, -0.05) is 18.2 Å². The number of cyclic esters (lactones) is 1. The highest BCUT2D eigenvalue weighted by Crippen LogP contribution is 2.35. The number of carbonyl (C=O) groups is 1. The number of amides is 1. The van der Waals surface area contributed by atoms with Crippen molar-refractivity contribution in [1.82, 2.24) is 4.90 Å². The van der Waals surface area contributed by atoms with Gasteiger partial charge in [0, 0.05) is 11.6 Å². The second-order valence-electron chi connectivity index (χ2n) is 6.14. The van der Waals surface area contributed by atoms with Gasteiger partial charge in [0.1, 0.15) is 6.10 Å². The Hall–Kier alpha value is -1.59. The summed E-state index contributed by atoms with van der Waals surface area (Å²) in [6.07, 6.45) is 0.111. The van der Waals surface area contributed by atoms with E-state index in [1.807, 2.05) is 45.0 Å². The lowest BCUT2D eigenvalue weighted by molar-refractivity contribution is -0.183. The number of rotatable bonds is 3. The average molecular weight is 305 g/mol. The summed E-state index contributed by atoms with van der Waals surface area (Å²) in [5.74, 6) is 0. The van der Waals surface area contributed by atoms with Crippen LogP contribution in [0.4, 0.5) is 4.79 Å². The molecule has 3 rings (SSSR count). The van der Waals surface area contributed by atoms with Crippen molar-refractivity contribution in [3.63, 3.8) is 0 Å². The van der Waals surface area contributed by atoms with E-state index < -0.39 is 0 Å². The van der Waals surface area contributed by atoms with Gasteiger partial charge in [0.2, 0.25) is 0 Å². The Balaban J connectivity index is 1.82. The van der Waals surface area contributed by atoms with Crippen LogP contribution in [0.5, 0.6) is 0 Å². The first kappa shape index (κ1) is 15.3. The lowest BCUT2D eigenvalue weighted by atomic mass is 10.00. The highest BCUT2D eigenvalue weighted by molar-refractivity contribution is 5.71. The Labute approximate surface area is 131 Å². The normalized spacial score (nSPS) is 26.5. The Kier molecular flexibility index (Phi) is 4.36. The van der Waals surface area contributed by atoms with Crippen LogP contribution in [0.25, 0.3) is 0 Å². The Bertz CT molecular complexity index is 539. The van der Waals surface area contributed by atoms with Crippen molar-refractivity contribution in [3.8, 4) is 0 Å². The van der Waals surface area contributed by atoms with E-state index in [0.29, 0.717) is 13.2 Å². The summed E-state index contributed by atoms with van der Waals surface area (Å²) >= 11 is 0. The zero-order chi connectivity index (χ0) is 15.7. The Morgan fingerprint density at radius 1 is 1.18 bits per heavy atom. The van der Waals surface area contributed by atoms with Crippen molar-refractivity contribution in [3.05, 3.63) is 35.4 Å². The van der Waals surface area contributed by atoms with E-state index in [2.05, 4.69) is 0 Å². The van der Waals surface area contributed by atoms with E-state index in [1.54, 1.807) is 4.90 Å². The van der Waals surface area contributed by atoms with Crippen molar-refractivity contribution >= 4 is 6.09 Å². The highest BCUT2D eigenvalue weighted by Gasteiger charge is 2.41. The molecule has 0 aliphatic carbocycles. The maximum absolute atomic E-state index is 12.1. The number of nitrogens with zero attached hydrogens (tertiary/aromatic N) is 1. The van der Waals surface area contributed by atoms with Crippen molar-refractivity contribution in [1.29, 1.82) is 0 Å². The molecule has 0 bridgehead atoms. The summed E-state index contributed by atoms with van der Waals surface area (Å²) in [7, 11) is 0. The van der Waals surface area contributed by atoms with Crippen LogP contribution in [-0.2, 0) is 14.2 Å². The number of hydrogen-bond donors (Lipinski definition) is 0. The number of carbonyl (C=O) groups excluding carboxylic acids is 1. The molecule has 2 aliphatic heterocycles. The fourth-order valence-electron chi connectivity index (χ4n) is 3.17.